The molecule has 1 aliphatic rings. The number of nitrogens with one attached hydrogen (secondary N) is 1. The van der Waals surface area contributed by atoms with Crippen molar-refractivity contribution < 1.29 is 9.50 Å². The Labute approximate surface area is 233 Å². The number of halogens is 1. The molecule has 0 aliphatic carbocycles. The van der Waals surface area contributed by atoms with Gasteiger partial charge in [0.25, 0.3) is 0 Å². The van der Waals surface area contributed by atoms with Gasteiger partial charge < -0.3 is 19.9 Å². The molecule has 3 aromatic carbocycles. The van der Waals surface area contributed by atoms with Crippen LogP contribution in [0.4, 0.5) is 10.3 Å². The number of fused-ring (bicyclic) bond motifs is 1. The largest absolute Gasteiger partial charge is 0.508 e. The molecule has 5 aromatic rings. The molecule has 1 aliphatic heterocycles. The van der Waals surface area contributed by atoms with Crippen molar-refractivity contribution in [2.24, 2.45) is 0 Å². The van der Waals surface area contributed by atoms with Crippen LogP contribution < -0.4 is 5.32 Å². The van der Waals surface area contributed by atoms with E-state index >= 15 is 0 Å². The smallest absolute Gasteiger partial charge is 0.223 e. The highest BCUT2D eigenvalue weighted by Crippen LogP contribution is 2.39. The summed E-state index contributed by atoms with van der Waals surface area (Å²) in [4.78, 5) is 16.7. The molecule has 1 atom stereocenters. The number of likely N-dealkylation sites (N-methyl/N-ethyl adjacent to an activating group) is 1. The van der Waals surface area contributed by atoms with Gasteiger partial charge in [-0.15, -0.1) is 0 Å². The Kier molecular flexibility index (Phi) is 7.25. The number of aromatic hydroxyl groups is 1. The minimum absolute atomic E-state index is 0.226. The normalized spacial score (nSPS) is 14.4. The molecule has 3 heterocycles. The number of aromatic nitrogens is 4. The zero-order valence-electron chi connectivity index (χ0n) is 22.3. The first kappa shape index (κ1) is 25.7. The van der Waals surface area contributed by atoms with Crippen LogP contribution in [0.25, 0.3) is 22.6 Å². The van der Waals surface area contributed by atoms with Crippen molar-refractivity contribution in [1.82, 2.24) is 24.4 Å². The van der Waals surface area contributed by atoms with E-state index in [0.29, 0.717) is 12.5 Å². The third kappa shape index (κ3) is 5.58. The van der Waals surface area contributed by atoms with E-state index < -0.39 is 0 Å². The third-order valence-electron chi connectivity index (χ3n) is 7.27. The number of phenolic OH excluding ortho intramolecular Hbond substituents is 1. The number of benzene rings is 3. The summed E-state index contributed by atoms with van der Waals surface area (Å²) in [6, 6.07) is 26.2. The molecule has 8 heteroatoms. The lowest BCUT2D eigenvalue weighted by molar-refractivity contribution is 0.274. The minimum atomic E-state index is -0.278. The summed E-state index contributed by atoms with van der Waals surface area (Å²) in [5, 5.41) is 12.9. The van der Waals surface area contributed by atoms with E-state index in [1.807, 2.05) is 24.3 Å². The van der Waals surface area contributed by atoms with Crippen LogP contribution in [-0.2, 0) is 19.5 Å². The summed E-state index contributed by atoms with van der Waals surface area (Å²) in [5.74, 6) is 1.47. The Morgan fingerprint density at radius 3 is 2.50 bits per heavy atom. The summed E-state index contributed by atoms with van der Waals surface area (Å²) in [5.41, 5.74) is 5.62. The van der Waals surface area contributed by atoms with E-state index in [2.05, 4.69) is 51.1 Å². The maximum atomic E-state index is 13.8. The molecular formula is C32H31FN6O. The molecule has 0 saturated heterocycles. The maximum Gasteiger partial charge on any atom is 0.223 e. The monoisotopic (exact) mass is 534 g/mol. The van der Waals surface area contributed by atoms with Gasteiger partial charge in [-0.3, -0.25) is 0 Å². The van der Waals surface area contributed by atoms with Crippen LogP contribution >= 0.6 is 0 Å². The van der Waals surface area contributed by atoms with Gasteiger partial charge in [0.1, 0.15) is 17.4 Å². The number of hydrogen-bond donors (Lipinski definition) is 2. The van der Waals surface area contributed by atoms with Crippen molar-refractivity contribution in [1.29, 1.82) is 0 Å². The van der Waals surface area contributed by atoms with Gasteiger partial charge in [0.05, 0.1) is 17.1 Å². The van der Waals surface area contributed by atoms with Gasteiger partial charge in [-0.1, -0.05) is 42.5 Å². The first-order valence-corrected chi connectivity index (χ1v) is 13.5. The average Bonchev–Trinajstić information content (AvgIpc) is 3.54. The fourth-order valence-corrected chi connectivity index (χ4v) is 5.39. The Hall–Kier alpha value is -4.56. The van der Waals surface area contributed by atoms with Crippen LogP contribution in [0.15, 0.2) is 91.1 Å². The van der Waals surface area contributed by atoms with E-state index in [1.54, 1.807) is 30.5 Å². The molecule has 40 heavy (non-hydrogen) atoms. The summed E-state index contributed by atoms with van der Waals surface area (Å²) >= 11 is 0. The van der Waals surface area contributed by atoms with E-state index in [-0.39, 0.29) is 17.6 Å². The zero-order valence-corrected chi connectivity index (χ0v) is 22.3. The summed E-state index contributed by atoms with van der Waals surface area (Å²) in [6.45, 7) is 2.25. The topological polar surface area (TPSA) is 79.1 Å². The van der Waals surface area contributed by atoms with Crippen molar-refractivity contribution in [2.75, 3.05) is 18.9 Å². The Morgan fingerprint density at radius 1 is 0.950 bits per heavy atom. The van der Waals surface area contributed by atoms with Crippen LogP contribution in [0.2, 0.25) is 0 Å². The standard InChI is InChI=1S/C32H31FN6O/c1-38(20-23-5-3-2-4-6-23)21-26-13-16-29-37-30(24-9-11-25(33)12-10-24)31(39(26)29)28-17-18-34-32(36-28)35-19-22-7-14-27(40)15-8-22/h2-12,14-15,17-18,26,40H,13,16,19-21H2,1H3,(H,34,35,36). The molecule has 7 nitrogen and oxygen atoms in total. The molecule has 0 bridgehead atoms. The number of anilines is 1. The second-order valence-corrected chi connectivity index (χ2v) is 10.3. The second kappa shape index (κ2) is 11.3. The van der Waals surface area contributed by atoms with E-state index in [4.69, 9.17) is 9.97 Å². The second-order valence-electron chi connectivity index (χ2n) is 10.3. The molecule has 0 amide bonds. The van der Waals surface area contributed by atoms with Crippen molar-refractivity contribution in [3.63, 3.8) is 0 Å². The highest BCUT2D eigenvalue weighted by Gasteiger charge is 2.31. The lowest BCUT2D eigenvalue weighted by Gasteiger charge is -2.24. The summed E-state index contributed by atoms with van der Waals surface area (Å²) < 4.78 is 16.1. The molecule has 202 valence electrons. The quantitative estimate of drug-likeness (QED) is 0.239. The number of aryl methyl sites for hydroxylation is 1. The summed E-state index contributed by atoms with van der Waals surface area (Å²) in [7, 11) is 2.15. The Balaban J connectivity index is 1.33. The van der Waals surface area contributed by atoms with Crippen LogP contribution in [0, 0.1) is 5.82 Å². The average molecular weight is 535 g/mol. The lowest BCUT2D eigenvalue weighted by Crippen LogP contribution is -2.26. The van der Waals surface area contributed by atoms with Gasteiger partial charge in [0, 0.05) is 43.9 Å². The van der Waals surface area contributed by atoms with Crippen LogP contribution in [0.3, 0.4) is 0 Å². The number of imidazole rings is 1. The van der Waals surface area contributed by atoms with Gasteiger partial charge in [-0.25, -0.2) is 19.3 Å². The van der Waals surface area contributed by atoms with Crippen molar-refractivity contribution in [3.8, 4) is 28.4 Å². The van der Waals surface area contributed by atoms with Gasteiger partial charge >= 0.3 is 0 Å². The molecule has 2 N–H and O–H groups in total. The third-order valence-corrected chi connectivity index (χ3v) is 7.27. The molecule has 6 rings (SSSR count). The van der Waals surface area contributed by atoms with Gasteiger partial charge in [-0.2, -0.15) is 0 Å². The van der Waals surface area contributed by atoms with Crippen LogP contribution in [0.1, 0.15) is 29.4 Å². The first-order valence-electron chi connectivity index (χ1n) is 13.5. The fourth-order valence-electron chi connectivity index (χ4n) is 5.39. The van der Waals surface area contributed by atoms with E-state index in [9.17, 15) is 9.50 Å². The van der Waals surface area contributed by atoms with Gasteiger partial charge in [0.15, 0.2) is 0 Å². The van der Waals surface area contributed by atoms with Crippen molar-refractivity contribution in [2.45, 2.75) is 32.0 Å². The van der Waals surface area contributed by atoms with E-state index in [0.717, 1.165) is 60.0 Å². The molecule has 0 fully saturated rings. The first-order chi connectivity index (χ1) is 19.5. The van der Waals surface area contributed by atoms with Gasteiger partial charge in [-0.05, 0) is 67.1 Å². The Morgan fingerprint density at radius 2 is 1.73 bits per heavy atom. The number of rotatable bonds is 9. The molecule has 1 unspecified atom stereocenters. The number of hydrogen-bond acceptors (Lipinski definition) is 6. The summed E-state index contributed by atoms with van der Waals surface area (Å²) in [6.07, 6.45) is 3.62. The highest BCUT2D eigenvalue weighted by molar-refractivity contribution is 5.78. The predicted molar refractivity (Wildman–Crippen MR) is 154 cm³/mol. The predicted octanol–water partition coefficient (Wildman–Crippen LogP) is 6.08. The Bertz CT molecular complexity index is 1580. The molecule has 0 spiro atoms. The van der Waals surface area contributed by atoms with Crippen LogP contribution in [0.5, 0.6) is 5.75 Å². The van der Waals surface area contributed by atoms with Crippen molar-refractivity contribution >= 4 is 5.95 Å². The van der Waals surface area contributed by atoms with E-state index in [1.165, 1.54) is 17.7 Å². The molecule has 0 saturated carbocycles. The molecule has 2 aromatic heterocycles. The number of phenols is 1. The van der Waals surface area contributed by atoms with Gasteiger partial charge in [0.2, 0.25) is 5.95 Å². The molecular weight excluding hydrogens is 503 g/mol. The SMILES string of the molecule is CN(Cc1ccccc1)CC1CCc2nc(-c3ccc(F)cc3)c(-c3ccnc(NCc4ccc(O)cc4)n3)n21. The maximum absolute atomic E-state index is 13.8. The molecule has 0 radical (unpaired) electrons. The zero-order chi connectivity index (χ0) is 27.5. The minimum Gasteiger partial charge on any atom is -0.508 e. The van der Waals surface area contributed by atoms with Crippen LogP contribution in [-0.4, -0.2) is 43.1 Å². The lowest BCUT2D eigenvalue weighted by atomic mass is 10.1. The highest BCUT2D eigenvalue weighted by atomic mass is 19.1. The number of nitrogens with zero attached hydrogens (tertiary/aromatic N) is 5. The van der Waals surface area contributed by atoms with Crippen molar-refractivity contribution in [3.05, 3.63) is 114 Å². The fraction of sp³-hybridized carbons (Fsp3) is 0.219.